The number of aliphatic hydroxyl groups is 2. The lowest BCUT2D eigenvalue weighted by Crippen LogP contribution is -2.46. The van der Waals surface area contributed by atoms with Gasteiger partial charge in [-0.2, -0.15) is 0 Å². The molecule has 0 fully saturated rings. The van der Waals surface area contributed by atoms with Crippen LogP contribution < -0.4 is 10.6 Å². The monoisotopic (exact) mass is 623 g/mol. The van der Waals surface area contributed by atoms with Gasteiger partial charge in [0, 0.05) is 4.47 Å². The summed E-state index contributed by atoms with van der Waals surface area (Å²) >= 11 is 3.20. The summed E-state index contributed by atoms with van der Waals surface area (Å²) in [5, 5.41) is 24.2. The zero-order valence-electron chi connectivity index (χ0n) is 21.8. The van der Waals surface area contributed by atoms with Crippen LogP contribution in [-0.4, -0.2) is 80.9 Å². The second kappa shape index (κ2) is 12.8. The zero-order valence-corrected chi connectivity index (χ0v) is 23.3. The van der Waals surface area contributed by atoms with E-state index in [1.54, 1.807) is 20.8 Å². The van der Waals surface area contributed by atoms with Crippen molar-refractivity contribution in [1.82, 2.24) is 25.6 Å². The van der Waals surface area contributed by atoms with Crippen LogP contribution in [-0.2, 0) is 14.3 Å². The number of hydrogen-bond donors (Lipinski definition) is 4. The summed E-state index contributed by atoms with van der Waals surface area (Å²) in [4.78, 5) is 61.6. The van der Waals surface area contributed by atoms with E-state index in [4.69, 9.17) is 13.6 Å². The van der Waals surface area contributed by atoms with Gasteiger partial charge in [-0.3, -0.25) is 9.59 Å². The van der Waals surface area contributed by atoms with Gasteiger partial charge in [-0.15, -0.1) is 0 Å². The first kappa shape index (κ1) is 30.4. The number of aliphatic hydroxyl groups excluding tert-OH is 2. The first-order valence-corrected chi connectivity index (χ1v) is 12.4. The molecule has 3 aromatic heterocycles. The molecule has 0 bridgehead atoms. The molecule has 16 heteroatoms. The van der Waals surface area contributed by atoms with Gasteiger partial charge in [0.05, 0.1) is 20.3 Å². The van der Waals surface area contributed by atoms with Crippen molar-refractivity contribution in [2.75, 3.05) is 20.3 Å². The van der Waals surface area contributed by atoms with Gasteiger partial charge in [0.2, 0.25) is 11.8 Å². The van der Waals surface area contributed by atoms with Crippen LogP contribution >= 0.6 is 15.9 Å². The Bertz CT molecular complexity index is 1400. The molecule has 2 atom stereocenters. The number of hydrogen-bond acceptors (Lipinski definition) is 13. The zero-order chi connectivity index (χ0) is 29.6. The Morgan fingerprint density at radius 3 is 2.17 bits per heavy atom. The molecule has 0 aromatic carbocycles. The lowest BCUT2D eigenvalue weighted by molar-refractivity contribution is -0.158. The maximum Gasteiger partial charge on any atom is 0.360 e. The number of nitrogens with zero attached hydrogens (tertiary/aromatic N) is 3. The third-order valence-corrected chi connectivity index (χ3v) is 5.32. The summed E-state index contributed by atoms with van der Waals surface area (Å²) in [5.74, 6) is -3.39. The fraction of sp³-hybridized carbons (Fsp3) is 0.375. The van der Waals surface area contributed by atoms with Crippen molar-refractivity contribution in [2.45, 2.75) is 38.5 Å². The number of methoxy groups -OCH3 is 1. The van der Waals surface area contributed by atoms with E-state index >= 15 is 0 Å². The average molecular weight is 624 g/mol. The van der Waals surface area contributed by atoms with Crippen molar-refractivity contribution >= 4 is 39.7 Å². The van der Waals surface area contributed by atoms with Crippen LogP contribution in [0.1, 0.15) is 64.2 Å². The van der Waals surface area contributed by atoms with E-state index in [0.717, 1.165) is 12.5 Å². The quantitative estimate of drug-likeness (QED) is 0.233. The number of carbonyl (C=O) groups is 4. The van der Waals surface area contributed by atoms with Crippen LogP contribution in [0.15, 0.2) is 38.0 Å². The molecular formula is C24H26BrN5O10. The molecule has 3 heterocycles. The first-order chi connectivity index (χ1) is 18.8. The van der Waals surface area contributed by atoms with Gasteiger partial charge < -0.3 is 39.2 Å². The van der Waals surface area contributed by atoms with Gasteiger partial charge in [-0.1, -0.05) is 15.9 Å². The molecule has 2 unspecified atom stereocenters. The Balaban J connectivity index is 1.74. The normalized spacial score (nSPS) is 12.8. The molecule has 0 saturated heterocycles. The summed E-state index contributed by atoms with van der Waals surface area (Å²) in [6.07, 6.45) is 2.23. The molecule has 2 amide bonds. The molecule has 214 valence electrons. The van der Waals surface area contributed by atoms with Gasteiger partial charge in [0.15, 0.2) is 17.4 Å². The van der Waals surface area contributed by atoms with Gasteiger partial charge in [0.1, 0.15) is 35.6 Å². The highest BCUT2D eigenvalue weighted by Gasteiger charge is 2.28. The minimum Gasteiger partial charge on any atom is -0.464 e. The number of oxazole rings is 2. The van der Waals surface area contributed by atoms with Crippen LogP contribution in [0.3, 0.4) is 0 Å². The van der Waals surface area contributed by atoms with Crippen LogP contribution in [0.25, 0.3) is 11.6 Å². The van der Waals surface area contributed by atoms with Crippen molar-refractivity contribution in [2.24, 2.45) is 0 Å². The minimum atomic E-state index is -1.37. The summed E-state index contributed by atoms with van der Waals surface area (Å²) in [6.45, 7) is 3.55. The summed E-state index contributed by atoms with van der Waals surface area (Å²) in [7, 11) is 1.19. The molecule has 40 heavy (non-hydrogen) atoms. The maximum atomic E-state index is 12.9. The Morgan fingerprint density at radius 1 is 0.950 bits per heavy atom. The van der Waals surface area contributed by atoms with Crippen molar-refractivity contribution in [3.63, 3.8) is 0 Å². The van der Waals surface area contributed by atoms with Crippen LogP contribution in [0.5, 0.6) is 0 Å². The first-order valence-electron chi connectivity index (χ1n) is 11.6. The summed E-state index contributed by atoms with van der Waals surface area (Å²) in [5.41, 5.74) is -1.32. The molecule has 0 saturated carbocycles. The Kier molecular flexibility index (Phi) is 9.73. The number of amides is 2. The fourth-order valence-electron chi connectivity index (χ4n) is 3.07. The predicted octanol–water partition coefficient (Wildman–Crippen LogP) is 1.17. The fourth-order valence-corrected chi connectivity index (χ4v) is 3.50. The van der Waals surface area contributed by atoms with E-state index in [9.17, 15) is 29.4 Å². The molecule has 0 spiro atoms. The molecule has 3 aromatic rings. The number of halogens is 1. The molecule has 3 rings (SSSR count). The van der Waals surface area contributed by atoms with Crippen molar-refractivity contribution in [3.8, 4) is 11.6 Å². The molecule has 0 radical (unpaired) electrons. The van der Waals surface area contributed by atoms with Gasteiger partial charge >= 0.3 is 11.9 Å². The van der Waals surface area contributed by atoms with Gasteiger partial charge in [-0.25, -0.2) is 24.5 Å². The number of ether oxygens (including phenoxy) is 2. The van der Waals surface area contributed by atoms with E-state index in [1.807, 2.05) is 0 Å². The Morgan fingerprint density at radius 2 is 1.60 bits per heavy atom. The minimum absolute atomic E-state index is 0.0599. The van der Waals surface area contributed by atoms with Crippen molar-refractivity contribution < 1.29 is 47.7 Å². The van der Waals surface area contributed by atoms with Gasteiger partial charge in [-0.05, 0) is 32.9 Å². The second-order valence-electron chi connectivity index (χ2n) is 9.11. The number of pyridine rings is 1. The lowest BCUT2D eigenvalue weighted by atomic mass is 10.2. The Hall–Kier alpha value is -4.15. The SMILES string of the molecule is COC(=O)c1coc(-c2coc(C(CO)NC(=O)c3cc(Br)cc(C(=O)NC(CO)C(=O)OC(C)(C)C)n3)n2)n1. The van der Waals surface area contributed by atoms with E-state index in [-0.39, 0.29) is 34.6 Å². The lowest BCUT2D eigenvalue weighted by Gasteiger charge is -2.23. The number of carbonyl (C=O) groups excluding carboxylic acids is 4. The summed E-state index contributed by atoms with van der Waals surface area (Å²) < 4.78 is 20.6. The molecule has 15 nitrogen and oxygen atoms in total. The van der Waals surface area contributed by atoms with Crippen LogP contribution in [0.4, 0.5) is 0 Å². The third-order valence-electron chi connectivity index (χ3n) is 4.86. The maximum absolute atomic E-state index is 12.9. The average Bonchev–Trinajstić information content (AvgIpc) is 3.58. The second-order valence-corrected chi connectivity index (χ2v) is 10.0. The Labute approximate surface area is 235 Å². The highest BCUT2D eigenvalue weighted by atomic mass is 79.9. The van der Waals surface area contributed by atoms with Crippen LogP contribution in [0, 0.1) is 0 Å². The van der Waals surface area contributed by atoms with Gasteiger partial charge in [0.25, 0.3) is 11.8 Å². The van der Waals surface area contributed by atoms with E-state index in [1.165, 1.54) is 19.2 Å². The van der Waals surface area contributed by atoms with Crippen molar-refractivity contribution in [1.29, 1.82) is 0 Å². The predicted molar refractivity (Wildman–Crippen MR) is 137 cm³/mol. The molecule has 0 aliphatic rings. The van der Waals surface area contributed by atoms with E-state index in [2.05, 4.69) is 46.3 Å². The number of esters is 2. The number of aromatic nitrogens is 3. The molecule has 0 aliphatic carbocycles. The van der Waals surface area contributed by atoms with E-state index in [0.29, 0.717) is 4.47 Å². The smallest absolute Gasteiger partial charge is 0.360 e. The molecule has 4 N–H and O–H groups in total. The highest BCUT2D eigenvalue weighted by molar-refractivity contribution is 9.10. The number of nitrogens with one attached hydrogen (secondary N) is 2. The molecular weight excluding hydrogens is 598 g/mol. The standard InChI is InChI=1S/C24H26BrN5O10/c1-24(2,3)40-23(36)15(8-32)28-19(34)13-6-11(25)5-12(26-13)18(33)27-14(7-31)20-29-16(9-38-20)21-30-17(10-39-21)22(35)37-4/h5-6,9-10,14-15,31-32H,7-8H2,1-4H3,(H,27,33)(H,28,34). The van der Waals surface area contributed by atoms with E-state index < -0.39 is 54.7 Å². The summed E-state index contributed by atoms with van der Waals surface area (Å²) in [6, 6.07) is 0.119. The van der Waals surface area contributed by atoms with Crippen LogP contribution in [0.2, 0.25) is 0 Å². The molecule has 0 aliphatic heterocycles. The largest absolute Gasteiger partial charge is 0.464 e. The number of rotatable bonds is 10. The van der Waals surface area contributed by atoms with Crippen molar-refractivity contribution in [3.05, 3.63) is 52.1 Å². The third kappa shape index (κ3) is 7.71. The topological polar surface area (TPSA) is 216 Å². The highest BCUT2D eigenvalue weighted by Crippen LogP contribution is 2.22.